The zero-order valence-electron chi connectivity index (χ0n) is 18.4. The van der Waals surface area contributed by atoms with Gasteiger partial charge in [0.05, 0.1) is 21.7 Å². The van der Waals surface area contributed by atoms with E-state index in [0.29, 0.717) is 40.3 Å². The van der Waals surface area contributed by atoms with Crippen LogP contribution in [0.4, 0.5) is 4.79 Å². The number of thioether (sulfide) groups is 1. The molecular weight excluding hydrogens is 563 g/mol. The maximum Gasteiger partial charge on any atom is 0.344 e. The molecule has 11 heteroatoms. The van der Waals surface area contributed by atoms with Crippen LogP contribution < -0.4 is 9.47 Å². The van der Waals surface area contributed by atoms with Gasteiger partial charge in [-0.15, -0.1) is 0 Å². The first-order valence-corrected chi connectivity index (χ1v) is 12.5. The van der Waals surface area contributed by atoms with Gasteiger partial charge in [-0.25, -0.2) is 4.79 Å². The summed E-state index contributed by atoms with van der Waals surface area (Å²) >= 11 is 2.85. The van der Waals surface area contributed by atoms with E-state index >= 15 is 0 Å². The zero-order valence-corrected chi connectivity index (χ0v) is 21.4. The molecule has 0 aliphatic carbocycles. The van der Waals surface area contributed by atoms with Crippen molar-refractivity contribution in [2.24, 2.45) is 0 Å². The monoisotopic (exact) mass is 588 g/mol. The summed E-state index contributed by atoms with van der Waals surface area (Å²) in [6.45, 7) is 4.98. The average molecular weight is 588 g/mol. The van der Waals surface area contributed by atoms with Crippen molar-refractivity contribution in [3.63, 3.8) is 0 Å². The van der Waals surface area contributed by atoms with E-state index in [4.69, 9.17) is 14.2 Å². The van der Waals surface area contributed by atoms with Crippen LogP contribution in [0.15, 0.2) is 17.0 Å². The summed E-state index contributed by atoms with van der Waals surface area (Å²) < 4.78 is 16.8. The number of carbonyl (C=O) groups excluding carboxylic acids is 4. The lowest BCUT2D eigenvalue weighted by Crippen LogP contribution is -2.40. The Labute approximate surface area is 209 Å². The van der Waals surface area contributed by atoms with Crippen LogP contribution >= 0.6 is 34.4 Å². The van der Waals surface area contributed by atoms with E-state index in [0.717, 1.165) is 29.5 Å². The maximum absolute atomic E-state index is 12.8. The largest absolute Gasteiger partial charge is 0.490 e. The molecule has 0 spiro atoms. The number of rotatable bonds is 9. The number of benzene rings is 1. The lowest BCUT2D eigenvalue weighted by molar-refractivity contribution is -0.145. The van der Waals surface area contributed by atoms with Crippen molar-refractivity contribution < 1.29 is 33.4 Å². The summed E-state index contributed by atoms with van der Waals surface area (Å²) in [6, 6.07) is 3.43. The minimum absolute atomic E-state index is 0.215. The number of halogens is 1. The van der Waals surface area contributed by atoms with Crippen molar-refractivity contribution in [2.45, 2.75) is 26.7 Å². The Balaban J connectivity index is 1.77. The topological polar surface area (TPSA) is 102 Å². The predicted octanol–water partition coefficient (Wildman–Crippen LogP) is 3.29. The molecule has 1 aromatic carbocycles. The van der Waals surface area contributed by atoms with Crippen molar-refractivity contribution in [1.29, 1.82) is 0 Å². The quantitative estimate of drug-likeness (QED) is 0.246. The fourth-order valence-corrected chi connectivity index (χ4v) is 5.02. The summed E-state index contributed by atoms with van der Waals surface area (Å²) in [5.74, 6) is -0.396. The molecule has 178 valence electrons. The van der Waals surface area contributed by atoms with E-state index in [1.165, 1.54) is 0 Å². The van der Waals surface area contributed by atoms with E-state index in [2.05, 4.69) is 22.6 Å². The second-order valence-corrected chi connectivity index (χ2v) is 9.37. The lowest BCUT2D eigenvalue weighted by Gasteiger charge is -2.18. The fourth-order valence-electron chi connectivity index (χ4n) is 3.40. The Hall–Kier alpha value is -2.28. The van der Waals surface area contributed by atoms with Crippen LogP contribution in [0.2, 0.25) is 0 Å². The molecule has 1 aromatic rings. The molecule has 0 N–H and O–H groups in total. The number of likely N-dealkylation sites (tertiary alicyclic amines) is 1. The van der Waals surface area contributed by atoms with Crippen molar-refractivity contribution >= 4 is 63.5 Å². The van der Waals surface area contributed by atoms with E-state index < -0.39 is 17.1 Å². The van der Waals surface area contributed by atoms with Gasteiger partial charge in [0.25, 0.3) is 11.1 Å². The molecule has 33 heavy (non-hydrogen) atoms. The number of carbonyl (C=O) groups is 4. The molecule has 2 aliphatic rings. The number of esters is 1. The van der Waals surface area contributed by atoms with Crippen LogP contribution in [0.25, 0.3) is 6.08 Å². The third-order valence-electron chi connectivity index (χ3n) is 4.89. The van der Waals surface area contributed by atoms with Crippen LogP contribution in [0.5, 0.6) is 11.5 Å². The van der Waals surface area contributed by atoms with Crippen LogP contribution in [0, 0.1) is 3.57 Å². The third-order valence-corrected chi connectivity index (χ3v) is 6.60. The summed E-state index contributed by atoms with van der Waals surface area (Å²) in [7, 11) is 0. The Morgan fingerprint density at radius 1 is 1.12 bits per heavy atom. The Bertz CT molecular complexity index is 976. The Morgan fingerprint density at radius 3 is 2.52 bits per heavy atom. The highest BCUT2D eigenvalue weighted by Crippen LogP contribution is 2.37. The van der Waals surface area contributed by atoms with E-state index in [1.54, 1.807) is 30.0 Å². The smallest absolute Gasteiger partial charge is 0.344 e. The molecule has 2 saturated heterocycles. The minimum Gasteiger partial charge on any atom is -0.490 e. The fraction of sp³-hybridized carbons (Fsp3) is 0.455. The van der Waals surface area contributed by atoms with Gasteiger partial charge in [-0.3, -0.25) is 19.3 Å². The molecule has 9 nitrogen and oxygen atoms in total. The van der Waals surface area contributed by atoms with Gasteiger partial charge in [0.1, 0.15) is 6.54 Å². The summed E-state index contributed by atoms with van der Waals surface area (Å²) in [4.78, 5) is 52.1. The lowest BCUT2D eigenvalue weighted by atomic mass is 10.2. The van der Waals surface area contributed by atoms with Crippen molar-refractivity contribution in [2.75, 3.05) is 39.5 Å². The number of hydrogen-bond acceptors (Lipinski definition) is 8. The first-order chi connectivity index (χ1) is 15.8. The molecule has 0 atom stereocenters. The second kappa shape index (κ2) is 11.7. The molecule has 0 aromatic heterocycles. The highest BCUT2D eigenvalue weighted by molar-refractivity contribution is 14.1. The van der Waals surface area contributed by atoms with Crippen molar-refractivity contribution in [1.82, 2.24) is 9.80 Å². The van der Waals surface area contributed by atoms with Gasteiger partial charge in [0, 0.05) is 13.1 Å². The Morgan fingerprint density at radius 2 is 1.85 bits per heavy atom. The summed E-state index contributed by atoms with van der Waals surface area (Å²) in [5, 5.41) is -0.465. The van der Waals surface area contributed by atoms with Gasteiger partial charge in [-0.05, 0) is 84.8 Å². The summed E-state index contributed by atoms with van der Waals surface area (Å²) in [6.07, 6.45) is 3.46. The van der Waals surface area contributed by atoms with Crippen LogP contribution in [0.1, 0.15) is 32.3 Å². The molecule has 0 bridgehead atoms. The average Bonchev–Trinajstić information content (AvgIpc) is 3.39. The van der Waals surface area contributed by atoms with Crippen LogP contribution in [-0.2, 0) is 19.1 Å². The molecular formula is C22H25IN2O7S. The minimum atomic E-state index is -0.492. The van der Waals surface area contributed by atoms with Gasteiger partial charge in [-0.2, -0.15) is 0 Å². The number of imide groups is 1. The van der Waals surface area contributed by atoms with E-state index in [1.807, 2.05) is 6.92 Å². The highest BCUT2D eigenvalue weighted by atomic mass is 127. The number of hydrogen-bond donors (Lipinski definition) is 0. The first-order valence-electron chi connectivity index (χ1n) is 10.6. The van der Waals surface area contributed by atoms with Gasteiger partial charge in [0.15, 0.2) is 18.1 Å². The molecule has 3 rings (SSSR count). The Kier molecular flexibility index (Phi) is 9.01. The molecule has 0 unspecified atom stereocenters. The van der Waals surface area contributed by atoms with Gasteiger partial charge < -0.3 is 19.1 Å². The van der Waals surface area contributed by atoms with Crippen molar-refractivity contribution in [3.05, 3.63) is 26.2 Å². The van der Waals surface area contributed by atoms with Crippen LogP contribution in [-0.4, -0.2) is 72.3 Å². The van der Waals surface area contributed by atoms with Gasteiger partial charge in [-0.1, -0.05) is 0 Å². The highest BCUT2D eigenvalue weighted by Gasteiger charge is 2.37. The SMILES string of the molecule is CCOC(=O)COc1c(I)cc(/C=C2/SC(=O)N(CC(=O)N3CCCC3)C2=O)cc1OCC. The second-order valence-electron chi connectivity index (χ2n) is 7.21. The van der Waals surface area contributed by atoms with E-state index in [9.17, 15) is 19.2 Å². The maximum atomic E-state index is 12.8. The molecule has 0 radical (unpaired) electrons. The first kappa shape index (κ1) is 25.3. The molecule has 0 saturated carbocycles. The predicted molar refractivity (Wildman–Crippen MR) is 131 cm³/mol. The molecule has 2 aliphatic heterocycles. The van der Waals surface area contributed by atoms with E-state index in [-0.39, 0.29) is 30.6 Å². The zero-order chi connectivity index (χ0) is 24.0. The third kappa shape index (κ3) is 6.40. The number of ether oxygens (including phenoxy) is 3. The van der Waals surface area contributed by atoms with Gasteiger partial charge in [0.2, 0.25) is 5.91 Å². The molecule has 3 amide bonds. The van der Waals surface area contributed by atoms with Crippen molar-refractivity contribution in [3.8, 4) is 11.5 Å². The van der Waals surface area contributed by atoms with Crippen LogP contribution in [0.3, 0.4) is 0 Å². The molecule has 2 heterocycles. The summed E-state index contributed by atoms with van der Waals surface area (Å²) in [5.41, 5.74) is 0.628. The standard InChI is InChI=1S/C22H25IN2O7S/c1-3-30-16-10-14(9-15(23)20(16)32-13-19(27)31-4-2)11-17-21(28)25(22(29)33-17)12-18(26)24-7-5-6-8-24/h9-11H,3-8,12-13H2,1-2H3/b17-11+. The van der Waals surface area contributed by atoms with Gasteiger partial charge >= 0.3 is 5.97 Å². The normalized spacial score (nSPS) is 17.1. The molecule has 2 fully saturated rings. The number of amides is 3. The number of nitrogens with zero attached hydrogens (tertiary/aromatic N) is 2.